The molecule has 0 saturated heterocycles. The van der Waals surface area contributed by atoms with Crippen LogP contribution in [0, 0.1) is 11.3 Å². The molecule has 0 radical (unpaired) electrons. The van der Waals surface area contributed by atoms with Gasteiger partial charge in [0.2, 0.25) is 0 Å². The van der Waals surface area contributed by atoms with Crippen molar-refractivity contribution in [1.82, 2.24) is 19.9 Å². The molecule has 1 atom stereocenters. The average molecular weight is 261 g/mol. The van der Waals surface area contributed by atoms with Gasteiger partial charge in [-0.15, -0.1) is 10.2 Å². The highest BCUT2D eigenvalue weighted by molar-refractivity contribution is 7.99. The molecule has 1 unspecified atom stereocenters. The van der Waals surface area contributed by atoms with Crippen molar-refractivity contribution < 1.29 is 0 Å². The maximum atomic E-state index is 9.03. The van der Waals surface area contributed by atoms with E-state index in [0.717, 1.165) is 23.8 Å². The van der Waals surface area contributed by atoms with Gasteiger partial charge in [-0.3, -0.25) is 4.40 Å². The molecule has 2 heterocycles. The van der Waals surface area contributed by atoms with Crippen LogP contribution in [-0.4, -0.2) is 32.9 Å². The first-order valence-electron chi connectivity index (χ1n) is 5.90. The van der Waals surface area contributed by atoms with E-state index in [-0.39, 0.29) is 6.04 Å². The van der Waals surface area contributed by atoms with E-state index in [0.29, 0.717) is 5.75 Å². The van der Waals surface area contributed by atoms with Gasteiger partial charge < -0.3 is 5.32 Å². The largest absolute Gasteiger partial charge is 0.301 e. The lowest BCUT2D eigenvalue weighted by Gasteiger charge is -2.08. The van der Waals surface area contributed by atoms with Crippen LogP contribution in [0.3, 0.4) is 0 Å². The Bertz CT molecular complexity index is 545. The third-order valence-corrected chi connectivity index (χ3v) is 3.49. The van der Waals surface area contributed by atoms with Crippen LogP contribution in [0.25, 0.3) is 5.65 Å². The smallest absolute Gasteiger partial charge is 0.195 e. The topological polar surface area (TPSA) is 66.0 Å². The second kappa shape index (κ2) is 6.38. The van der Waals surface area contributed by atoms with Gasteiger partial charge in [-0.2, -0.15) is 5.26 Å². The van der Waals surface area contributed by atoms with Crippen molar-refractivity contribution in [1.29, 1.82) is 5.26 Å². The summed E-state index contributed by atoms with van der Waals surface area (Å²) in [5.41, 5.74) is 0.829. The summed E-state index contributed by atoms with van der Waals surface area (Å²) in [4.78, 5) is 0. The Morgan fingerprint density at radius 3 is 3.17 bits per heavy atom. The van der Waals surface area contributed by atoms with Crippen LogP contribution in [-0.2, 0) is 0 Å². The number of nitrogens with zero attached hydrogens (tertiary/aromatic N) is 4. The summed E-state index contributed by atoms with van der Waals surface area (Å²) in [6.45, 7) is 2.94. The lowest BCUT2D eigenvalue weighted by Crippen LogP contribution is -2.30. The van der Waals surface area contributed by atoms with Crippen LogP contribution in [0.5, 0.6) is 0 Å². The first kappa shape index (κ1) is 12.9. The average Bonchev–Trinajstić information content (AvgIpc) is 2.82. The maximum Gasteiger partial charge on any atom is 0.195 e. The summed E-state index contributed by atoms with van der Waals surface area (Å²) in [5.74, 6) is 0.673. The number of pyridine rings is 1. The van der Waals surface area contributed by atoms with Gasteiger partial charge in [-0.05, 0) is 25.1 Å². The molecule has 2 rings (SSSR count). The Morgan fingerprint density at radius 1 is 1.50 bits per heavy atom. The zero-order valence-electron chi connectivity index (χ0n) is 10.2. The Morgan fingerprint density at radius 2 is 2.39 bits per heavy atom. The highest BCUT2D eigenvalue weighted by Gasteiger charge is 2.10. The highest BCUT2D eigenvalue weighted by Crippen LogP contribution is 2.17. The normalized spacial score (nSPS) is 12.4. The fourth-order valence-electron chi connectivity index (χ4n) is 1.54. The summed E-state index contributed by atoms with van der Waals surface area (Å²) in [6.07, 6.45) is 2.95. The molecule has 94 valence electrons. The SMILES string of the molecule is CCCNC(C#N)CSc1nnc2ccccn12. The van der Waals surface area contributed by atoms with E-state index in [1.807, 2.05) is 28.8 Å². The van der Waals surface area contributed by atoms with Crippen molar-refractivity contribution >= 4 is 17.4 Å². The summed E-state index contributed by atoms with van der Waals surface area (Å²) in [5, 5.41) is 21.2. The van der Waals surface area contributed by atoms with Gasteiger partial charge in [0, 0.05) is 11.9 Å². The molecule has 1 N–H and O–H groups in total. The van der Waals surface area contributed by atoms with Crippen LogP contribution in [0.4, 0.5) is 0 Å². The van der Waals surface area contributed by atoms with E-state index in [4.69, 9.17) is 5.26 Å². The number of nitrogens with one attached hydrogen (secondary N) is 1. The lowest BCUT2D eigenvalue weighted by atomic mass is 10.3. The number of nitriles is 1. The van der Waals surface area contributed by atoms with Gasteiger partial charge in [-0.25, -0.2) is 0 Å². The van der Waals surface area contributed by atoms with Crippen molar-refractivity contribution in [2.24, 2.45) is 0 Å². The van der Waals surface area contributed by atoms with Crippen LogP contribution < -0.4 is 5.32 Å². The quantitative estimate of drug-likeness (QED) is 0.802. The van der Waals surface area contributed by atoms with Crippen molar-refractivity contribution in [2.75, 3.05) is 12.3 Å². The number of thioether (sulfide) groups is 1. The van der Waals surface area contributed by atoms with Crippen LogP contribution in [0.2, 0.25) is 0 Å². The first-order valence-corrected chi connectivity index (χ1v) is 6.89. The van der Waals surface area contributed by atoms with E-state index >= 15 is 0 Å². The second-order valence-corrected chi connectivity index (χ2v) is 4.85. The predicted octanol–water partition coefficient (Wildman–Crippen LogP) is 1.71. The summed E-state index contributed by atoms with van der Waals surface area (Å²) < 4.78 is 1.93. The zero-order valence-corrected chi connectivity index (χ0v) is 11.0. The van der Waals surface area contributed by atoms with E-state index in [1.165, 1.54) is 0 Å². The Hall–Kier alpha value is -1.58. The number of hydrogen-bond acceptors (Lipinski definition) is 5. The summed E-state index contributed by atoms with van der Waals surface area (Å²) >= 11 is 1.54. The zero-order chi connectivity index (χ0) is 12.8. The molecule has 0 spiro atoms. The van der Waals surface area contributed by atoms with Crippen molar-refractivity contribution in [3.8, 4) is 6.07 Å². The second-order valence-electron chi connectivity index (χ2n) is 3.86. The number of hydrogen-bond donors (Lipinski definition) is 1. The molecular formula is C12H15N5S. The number of fused-ring (bicyclic) bond motifs is 1. The van der Waals surface area contributed by atoms with Crippen LogP contribution >= 0.6 is 11.8 Å². The summed E-state index contributed by atoms with van der Waals surface area (Å²) in [7, 11) is 0. The van der Waals surface area contributed by atoms with E-state index in [9.17, 15) is 0 Å². The van der Waals surface area contributed by atoms with Crippen LogP contribution in [0.15, 0.2) is 29.6 Å². The maximum absolute atomic E-state index is 9.03. The van der Waals surface area contributed by atoms with Crippen molar-refractivity contribution in [3.05, 3.63) is 24.4 Å². The fraction of sp³-hybridized carbons (Fsp3) is 0.417. The van der Waals surface area contributed by atoms with Gasteiger partial charge in [0.1, 0.15) is 6.04 Å². The molecule has 0 fully saturated rings. The Labute approximate surface area is 110 Å². The van der Waals surface area contributed by atoms with E-state index in [2.05, 4.69) is 28.5 Å². The molecule has 0 amide bonds. The van der Waals surface area contributed by atoms with Gasteiger partial charge >= 0.3 is 0 Å². The highest BCUT2D eigenvalue weighted by atomic mass is 32.2. The number of rotatable bonds is 6. The molecule has 5 nitrogen and oxygen atoms in total. The van der Waals surface area contributed by atoms with Gasteiger partial charge in [0.25, 0.3) is 0 Å². The molecule has 18 heavy (non-hydrogen) atoms. The monoisotopic (exact) mass is 261 g/mol. The van der Waals surface area contributed by atoms with Crippen molar-refractivity contribution in [2.45, 2.75) is 24.5 Å². The van der Waals surface area contributed by atoms with Crippen molar-refractivity contribution in [3.63, 3.8) is 0 Å². The standard InChI is InChI=1S/C12H15N5S/c1-2-6-14-10(8-13)9-18-12-16-15-11-5-3-4-7-17(11)12/h3-5,7,10,14H,2,6,9H2,1H3. The molecule has 0 aliphatic rings. The third-order valence-electron chi connectivity index (χ3n) is 2.46. The summed E-state index contributed by atoms with van der Waals surface area (Å²) in [6, 6.07) is 7.89. The molecule has 0 bridgehead atoms. The Kier molecular flexibility index (Phi) is 4.56. The van der Waals surface area contributed by atoms with Crippen LogP contribution in [0.1, 0.15) is 13.3 Å². The third kappa shape index (κ3) is 3.00. The van der Waals surface area contributed by atoms with E-state index < -0.39 is 0 Å². The molecule has 6 heteroatoms. The lowest BCUT2D eigenvalue weighted by molar-refractivity contribution is 0.637. The minimum atomic E-state index is -0.147. The predicted molar refractivity (Wildman–Crippen MR) is 71.4 cm³/mol. The molecule has 2 aromatic heterocycles. The van der Waals surface area contributed by atoms with E-state index in [1.54, 1.807) is 11.8 Å². The molecule has 2 aromatic rings. The Balaban J connectivity index is 1.99. The minimum Gasteiger partial charge on any atom is -0.301 e. The minimum absolute atomic E-state index is 0.147. The molecule has 0 aliphatic carbocycles. The van der Waals surface area contributed by atoms with Gasteiger partial charge in [-0.1, -0.05) is 24.8 Å². The molecule has 0 aromatic carbocycles. The molecule has 0 aliphatic heterocycles. The van der Waals surface area contributed by atoms with Gasteiger partial charge in [0.15, 0.2) is 10.8 Å². The van der Waals surface area contributed by atoms with Gasteiger partial charge in [0.05, 0.1) is 6.07 Å². The molecule has 0 saturated carbocycles. The molecular weight excluding hydrogens is 246 g/mol. The number of aromatic nitrogens is 3. The fourth-order valence-corrected chi connectivity index (χ4v) is 2.44. The first-order chi connectivity index (χ1) is 8.85.